The summed E-state index contributed by atoms with van der Waals surface area (Å²) in [6.07, 6.45) is -24.0. The van der Waals surface area contributed by atoms with Crippen molar-refractivity contribution in [3.63, 3.8) is 0 Å². The third-order valence-electron chi connectivity index (χ3n) is 8.52. The van der Waals surface area contributed by atoms with E-state index in [9.17, 15) is 54.0 Å². The summed E-state index contributed by atoms with van der Waals surface area (Å²) in [4.78, 5) is 83.6. The van der Waals surface area contributed by atoms with Gasteiger partial charge in [-0.15, -0.1) is 0 Å². The first-order valence-electron chi connectivity index (χ1n) is 17.1. The minimum Gasteiger partial charge on any atom is -0.465 e. The molecule has 22 nitrogen and oxygen atoms in total. The number of esters is 7. The highest BCUT2D eigenvalue weighted by Crippen LogP contribution is 2.37. The molecule has 1 saturated carbocycles. The molecule has 3 aliphatic rings. The number of aliphatic hydroxyl groups excluding tert-OH is 4. The fourth-order valence-corrected chi connectivity index (χ4v) is 6.38. The lowest BCUT2D eigenvalue weighted by Crippen LogP contribution is -2.67. The van der Waals surface area contributed by atoms with E-state index < -0.39 is 153 Å². The molecule has 2 saturated heterocycles. The second-order valence-corrected chi connectivity index (χ2v) is 13.0. The van der Waals surface area contributed by atoms with E-state index in [0.29, 0.717) is 0 Å². The van der Waals surface area contributed by atoms with Crippen LogP contribution in [0.2, 0.25) is 0 Å². The summed E-state index contributed by atoms with van der Waals surface area (Å²) in [5.41, 5.74) is 0. The average molecular weight is 797 g/mol. The molecular weight excluding hydrogens is 748 g/mol. The van der Waals surface area contributed by atoms with Gasteiger partial charge >= 0.3 is 41.8 Å². The molecule has 22 heteroatoms. The van der Waals surface area contributed by atoms with Crippen LogP contribution < -0.4 is 0 Å². The number of aliphatic hydroxyl groups is 4. The Morgan fingerprint density at radius 1 is 0.473 bits per heavy atom. The van der Waals surface area contributed by atoms with E-state index in [2.05, 4.69) is 0 Å². The first-order valence-corrected chi connectivity index (χ1v) is 17.1. The lowest BCUT2D eigenvalue weighted by Gasteiger charge is -2.49. The van der Waals surface area contributed by atoms with Crippen molar-refractivity contribution in [1.29, 1.82) is 0 Å². The summed E-state index contributed by atoms with van der Waals surface area (Å²) in [5, 5.41) is 44.9. The van der Waals surface area contributed by atoms with E-state index in [1.165, 1.54) is 0 Å². The van der Waals surface area contributed by atoms with Gasteiger partial charge in [0.05, 0.1) is 12.7 Å². The molecule has 0 amide bonds. The zero-order chi connectivity index (χ0) is 41.3. The maximum absolute atomic E-state index is 12.4. The van der Waals surface area contributed by atoms with Crippen molar-refractivity contribution in [2.45, 2.75) is 141 Å². The molecule has 1 aliphatic carbocycles. The molecule has 15 atom stereocenters. The van der Waals surface area contributed by atoms with E-state index >= 15 is 0 Å². The Bertz CT molecular complexity index is 1380. The van der Waals surface area contributed by atoms with Gasteiger partial charge in [0, 0.05) is 54.4 Å². The van der Waals surface area contributed by atoms with Gasteiger partial charge in [-0.2, -0.15) is 0 Å². The fourth-order valence-electron chi connectivity index (χ4n) is 6.38. The Morgan fingerprint density at radius 3 is 1.38 bits per heavy atom. The lowest BCUT2D eigenvalue weighted by molar-refractivity contribution is -0.362. The van der Waals surface area contributed by atoms with Gasteiger partial charge in [-0.3, -0.25) is 33.6 Å². The van der Waals surface area contributed by atoms with E-state index in [-0.39, 0.29) is 6.42 Å². The Balaban J connectivity index is 2.05. The zero-order valence-electron chi connectivity index (χ0n) is 31.1. The summed E-state index contributed by atoms with van der Waals surface area (Å²) >= 11 is 0. The summed E-state index contributed by atoms with van der Waals surface area (Å²) in [6.45, 7) is 5.62. The molecule has 312 valence electrons. The minimum absolute atomic E-state index is 0.245. The maximum atomic E-state index is 12.4. The van der Waals surface area contributed by atoms with Crippen molar-refractivity contribution in [3.8, 4) is 0 Å². The second-order valence-electron chi connectivity index (χ2n) is 13.0. The van der Waals surface area contributed by atoms with Crippen LogP contribution in [-0.2, 0) is 85.7 Å². The molecule has 2 heterocycles. The van der Waals surface area contributed by atoms with Crippen molar-refractivity contribution in [3.05, 3.63) is 0 Å². The fraction of sp³-hybridized carbons (Fsp3) is 0.788. The van der Waals surface area contributed by atoms with E-state index in [0.717, 1.165) is 48.5 Å². The molecule has 0 aromatic carbocycles. The summed E-state index contributed by atoms with van der Waals surface area (Å²) in [6, 6.07) is 0. The number of carbonyl (C=O) groups excluding carboxylic acids is 7. The first kappa shape index (κ1) is 45.4. The molecule has 0 aromatic heterocycles. The highest BCUT2D eigenvalue weighted by Gasteiger charge is 2.56. The maximum Gasteiger partial charge on any atom is 0.303 e. The summed E-state index contributed by atoms with van der Waals surface area (Å²) in [7, 11) is 0. The third-order valence-corrected chi connectivity index (χ3v) is 8.52. The standard InChI is InChI=1S/C33H48O22/c1-12(34)45-9-19-8-20(27(49-16(5)38)23(41)26(19)48-15(4)37)52-28-22(11-47-14(3)36)54-33(31(25(28)43)51-18(7)40)55-29-21(10-46-13(2)35)53-32(44)30(24(29)42)50-17(6)39/h19-33,41-44H,8-11H2,1-7H3/t19?,20-,21-,22?,23-,24?,25?,26-,27?,28-,29+,30?,31-,32+,33-/m0/s1. The van der Waals surface area contributed by atoms with E-state index in [1.54, 1.807) is 0 Å². The smallest absolute Gasteiger partial charge is 0.303 e. The second kappa shape index (κ2) is 20.2. The Labute approximate surface area is 314 Å². The molecular formula is C33H48O22. The van der Waals surface area contributed by atoms with Gasteiger partial charge in [0.2, 0.25) is 0 Å². The Kier molecular flexibility index (Phi) is 16.7. The van der Waals surface area contributed by atoms with Crippen LogP contribution in [0.4, 0.5) is 0 Å². The molecule has 3 fully saturated rings. The quantitative estimate of drug-likeness (QED) is 0.101. The number of ether oxygens (including phenoxy) is 11. The predicted molar refractivity (Wildman–Crippen MR) is 171 cm³/mol. The van der Waals surface area contributed by atoms with E-state index in [1.807, 2.05) is 0 Å². The third kappa shape index (κ3) is 12.7. The van der Waals surface area contributed by atoms with Crippen LogP contribution in [-0.4, -0.2) is 168 Å². The highest BCUT2D eigenvalue weighted by atomic mass is 16.8. The highest BCUT2D eigenvalue weighted by molar-refractivity contribution is 5.68. The van der Waals surface area contributed by atoms with Crippen LogP contribution in [0.5, 0.6) is 0 Å². The van der Waals surface area contributed by atoms with Gasteiger partial charge in [-0.05, 0) is 6.42 Å². The van der Waals surface area contributed by atoms with E-state index in [4.69, 9.17) is 52.1 Å². The van der Waals surface area contributed by atoms with Crippen molar-refractivity contribution in [2.24, 2.45) is 5.92 Å². The molecule has 3 rings (SSSR count). The Hall–Kier alpha value is -4.03. The summed E-state index contributed by atoms with van der Waals surface area (Å²) in [5.74, 6) is -6.90. The van der Waals surface area contributed by atoms with Gasteiger partial charge in [0.15, 0.2) is 30.9 Å². The van der Waals surface area contributed by atoms with Crippen molar-refractivity contribution < 1.29 is 106 Å². The van der Waals surface area contributed by atoms with Crippen molar-refractivity contribution in [2.75, 3.05) is 19.8 Å². The molecule has 0 spiro atoms. The van der Waals surface area contributed by atoms with Gasteiger partial charge in [-0.1, -0.05) is 0 Å². The molecule has 0 aromatic rings. The Morgan fingerprint density at radius 2 is 0.873 bits per heavy atom. The SMILES string of the molecule is CC(=O)OCC1O[C@@H](O[C@H]2C(O)C(OC(C)=O)[C@H](O)O[C@H]2COC(C)=O)[C@@H](OC(C)=O)C(O)[C@H]1O[C@H]1CC(COC(C)=O)[C@H](OC(C)=O)[C@H](O)C1OC(C)=O. The number of hydrogen-bond acceptors (Lipinski definition) is 22. The number of carbonyl (C=O) groups is 7. The van der Waals surface area contributed by atoms with Gasteiger partial charge in [0.25, 0.3) is 0 Å². The first-order chi connectivity index (χ1) is 25.7. The molecule has 0 bridgehead atoms. The van der Waals surface area contributed by atoms with Crippen LogP contribution in [0.1, 0.15) is 54.9 Å². The molecule has 6 unspecified atom stereocenters. The van der Waals surface area contributed by atoms with Gasteiger partial charge in [-0.25, -0.2) is 0 Å². The molecule has 2 aliphatic heterocycles. The van der Waals surface area contributed by atoms with Crippen LogP contribution in [0.25, 0.3) is 0 Å². The molecule has 0 radical (unpaired) electrons. The predicted octanol–water partition coefficient (Wildman–Crippen LogP) is -2.91. The van der Waals surface area contributed by atoms with Crippen LogP contribution in [0.15, 0.2) is 0 Å². The van der Waals surface area contributed by atoms with Gasteiger partial charge < -0.3 is 72.5 Å². The van der Waals surface area contributed by atoms with Crippen LogP contribution in [0.3, 0.4) is 0 Å². The largest absolute Gasteiger partial charge is 0.465 e. The zero-order valence-corrected chi connectivity index (χ0v) is 31.1. The topological polar surface area (TPSA) is 302 Å². The monoisotopic (exact) mass is 796 g/mol. The molecule has 4 N–H and O–H groups in total. The van der Waals surface area contributed by atoms with Crippen molar-refractivity contribution in [1.82, 2.24) is 0 Å². The number of hydrogen-bond donors (Lipinski definition) is 4. The van der Waals surface area contributed by atoms with Crippen LogP contribution >= 0.6 is 0 Å². The van der Waals surface area contributed by atoms with Crippen molar-refractivity contribution >= 4 is 41.8 Å². The van der Waals surface area contributed by atoms with Gasteiger partial charge in [0.1, 0.15) is 62.0 Å². The average Bonchev–Trinajstić information content (AvgIpc) is 3.06. The van der Waals surface area contributed by atoms with Crippen LogP contribution in [0, 0.1) is 5.92 Å². The minimum atomic E-state index is -1.97. The lowest BCUT2D eigenvalue weighted by atomic mass is 9.80. The summed E-state index contributed by atoms with van der Waals surface area (Å²) < 4.78 is 60.0. The number of rotatable bonds is 14. The normalized spacial score (nSPS) is 36.0. The molecule has 55 heavy (non-hydrogen) atoms.